The first-order valence-corrected chi connectivity index (χ1v) is 17.1. The lowest BCUT2D eigenvalue weighted by atomic mass is 9.95. The van der Waals surface area contributed by atoms with Crippen LogP contribution in [0.4, 0.5) is 19.4 Å². The number of halogens is 3. The van der Waals surface area contributed by atoms with E-state index in [1.165, 1.54) is 0 Å². The molecular weight excluding hydrogens is 640 g/mol. The van der Waals surface area contributed by atoms with Crippen molar-refractivity contribution >= 4 is 34.4 Å². The van der Waals surface area contributed by atoms with Crippen LogP contribution in [0.2, 0.25) is 5.02 Å². The average molecular weight is 680 g/mol. The molecule has 3 aromatic rings. The van der Waals surface area contributed by atoms with Gasteiger partial charge in [0.05, 0.1) is 29.5 Å². The smallest absolute Gasteiger partial charge is 0.410 e. The fourth-order valence-electron chi connectivity index (χ4n) is 7.58. The predicted molar refractivity (Wildman–Crippen MR) is 177 cm³/mol. The van der Waals surface area contributed by atoms with E-state index in [4.69, 9.17) is 26.1 Å². The number of benzene rings is 1. The van der Waals surface area contributed by atoms with Gasteiger partial charge in [0, 0.05) is 49.4 Å². The van der Waals surface area contributed by atoms with Crippen LogP contribution in [-0.2, 0) is 4.74 Å². The molecule has 0 radical (unpaired) electrons. The molecule has 4 aliphatic rings. The van der Waals surface area contributed by atoms with Crippen LogP contribution in [-0.4, -0.2) is 93.5 Å². The quantitative estimate of drug-likeness (QED) is 0.271. The summed E-state index contributed by atoms with van der Waals surface area (Å²) in [6, 6.07) is 7.12. The molecule has 3 aliphatic heterocycles. The van der Waals surface area contributed by atoms with E-state index in [0.717, 1.165) is 37.8 Å². The normalized spacial score (nSPS) is 24.5. The summed E-state index contributed by atoms with van der Waals surface area (Å²) in [6.07, 6.45) is 4.31. The van der Waals surface area contributed by atoms with Crippen molar-refractivity contribution in [3.05, 3.63) is 40.8 Å². The van der Waals surface area contributed by atoms with E-state index in [1.807, 2.05) is 17.0 Å². The number of alkyl halides is 1. The third kappa shape index (κ3) is 6.23. The summed E-state index contributed by atoms with van der Waals surface area (Å²) in [7, 11) is 0. The Kier molecular flexibility index (Phi) is 8.57. The van der Waals surface area contributed by atoms with Crippen LogP contribution in [0, 0.1) is 17.1 Å². The van der Waals surface area contributed by atoms with Crippen LogP contribution in [0.5, 0.6) is 6.01 Å². The highest BCUT2D eigenvalue weighted by Crippen LogP contribution is 2.48. The van der Waals surface area contributed by atoms with Crippen LogP contribution in [0.25, 0.3) is 22.2 Å². The molecule has 0 spiro atoms. The van der Waals surface area contributed by atoms with Crippen molar-refractivity contribution < 1.29 is 23.0 Å². The van der Waals surface area contributed by atoms with Gasteiger partial charge in [-0.2, -0.15) is 15.2 Å². The van der Waals surface area contributed by atoms with Crippen molar-refractivity contribution in [2.75, 3.05) is 44.2 Å². The fraction of sp³-hybridized carbons (Fsp3) is 0.571. The number of carbonyl (C=O) groups excluding carboxylic acids is 1. The lowest BCUT2D eigenvalue weighted by Crippen LogP contribution is -2.56. The Labute approximate surface area is 284 Å². The van der Waals surface area contributed by atoms with Crippen molar-refractivity contribution in [3.8, 4) is 23.3 Å². The van der Waals surface area contributed by atoms with E-state index in [0.29, 0.717) is 41.3 Å². The molecule has 48 heavy (non-hydrogen) atoms. The number of hydrogen-bond acceptors (Lipinski definition) is 9. The Hall–Kier alpha value is -3.82. The van der Waals surface area contributed by atoms with Crippen LogP contribution in [0.15, 0.2) is 24.4 Å². The predicted octanol–water partition coefficient (Wildman–Crippen LogP) is 6.66. The molecule has 1 amide bonds. The van der Waals surface area contributed by atoms with Gasteiger partial charge in [-0.15, -0.1) is 0 Å². The molecule has 3 atom stereocenters. The monoisotopic (exact) mass is 679 g/mol. The molecule has 2 aromatic heterocycles. The Morgan fingerprint density at radius 3 is 2.75 bits per heavy atom. The molecule has 254 valence electrons. The molecule has 13 heteroatoms. The number of piperazine rings is 1. The van der Waals surface area contributed by atoms with E-state index < -0.39 is 35.3 Å². The molecular formula is C35H40ClF2N7O3. The molecule has 10 nitrogen and oxygen atoms in total. The van der Waals surface area contributed by atoms with Gasteiger partial charge in [0.25, 0.3) is 0 Å². The Bertz CT molecular complexity index is 1780. The van der Waals surface area contributed by atoms with Gasteiger partial charge in [-0.25, -0.2) is 13.6 Å². The zero-order chi connectivity index (χ0) is 33.8. The van der Waals surface area contributed by atoms with E-state index in [-0.39, 0.29) is 49.3 Å². The van der Waals surface area contributed by atoms with Crippen LogP contribution in [0.1, 0.15) is 70.8 Å². The SMILES string of the molecule is CC(C)(C)OC(=O)N1CCN(c2nc(OC[C@@]34CCCN3C[C@H](F)C4)nc3c(F)c(-c4cccc(Cl)c4C4CC4)ncc23)C[C@@H]1CC#N. The highest BCUT2D eigenvalue weighted by atomic mass is 35.5. The largest absolute Gasteiger partial charge is 0.461 e. The second-order valence-corrected chi connectivity index (χ2v) is 14.9. The standard InChI is InChI=1S/C35H40ClF2N7O3/c1-34(2,3)48-33(46)45-15-14-43(19-23(45)10-12-39)31-25-17-40-29(24-6-4-7-26(36)27(24)21-8-9-21)28(38)30(25)41-32(42-31)47-20-35-11-5-13-44(35)18-22(37)16-35/h4,6-7,17,21-23H,5,8-11,13-16,18-20H2,1-3H3/t22-,23+,35+/m1/s1. The lowest BCUT2D eigenvalue weighted by Gasteiger charge is -2.41. The summed E-state index contributed by atoms with van der Waals surface area (Å²) in [6.45, 7) is 7.62. The zero-order valence-corrected chi connectivity index (χ0v) is 28.3. The Morgan fingerprint density at radius 1 is 1.19 bits per heavy atom. The summed E-state index contributed by atoms with van der Waals surface area (Å²) < 4.78 is 43.2. The van der Waals surface area contributed by atoms with E-state index >= 15 is 4.39 Å². The van der Waals surface area contributed by atoms with Gasteiger partial charge in [-0.3, -0.25) is 9.88 Å². The van der Waals surface area contributed by atoms with E-state index in [1.54, 1.807) is 37.9 Å². The minimum Gasteiger partial charge on any atom is -0.461 e. The summed E-state index contributed by atoms with van der Waals surface area (Å²) in [5.41, 5.74) is 0.569. The second-order valence-electron chi connectivity index (χ2n) is 14.5. The van der Waals surface area contributed by atoms with Gasteiger partial charge in [0.2, 0.25) is 0 Å². The van der Waals surface area contributed by atoms with E-state index in [2.05, 4.69) is 20.9 Å². The van der Waals surface area contributed by atoms with Crippen LogP contribution in [0.3, 0.4) is 0 Å². The molecule has 0 bridgehead atoms. The topological polar surface area (TPSA) is 108 Å². The maximum absolute atomic E-state index is 16.8. The molecule has 1 aliphatic carbocycles. The van der Waals surface area contributed by atoms with E-state index in [9.17, 15) is 14.4 Å². The number of nitriles is 1. The number of rotatable bonds is 7. The maximum atomic E-state index is 16.8. The first-order chi connectivity index (χ1) is 23.0. The number of amides is 1. The van der Waals surface area contributed by atoms with Crippen LogP contribution < -0.4 is 9.64 Å². The van der Waals surface area contributed by atoms with Crippen molar-refractivity contribution in [1.29, 1.82) is 5.26 Å². The number of ether oxygens (including phenoxy) is 2. The minimum atomic E-state index is -0.926. The summed E-state index contributed by atoms with van der Waals surface area (Å²) >= 11 is 6.61. The second kappa shape index (κ2) is 12.6. The zero-order valence-electron chi connectivity index (χ0n) is 27.5. The number of fused-ring (bicyclic) bond motifs is 2. The van der Waals surface area contributed by atoms with Crippen molar-refractivity contribution in [1.82, 2.24) is 24.8 Å². The molecule has 5 heterocycles. The third-order valence-electron chi connectivity index (χ3n) is 9.91. The summed E-state index contributed by atoms with van der Waals surface area (Å²) in [5.74, 6) is 0.0310. The fourth-order valence-corrected chi connectivity index (χ4v) is 7.91. The first kappa shape index (κ1) is 32.7. The Morgan fingerprint density at radius 2 is 2.00 bits per heavy atom. The molecule has 0 unspecified atom stereocenters. The van der Waals surface area contributed by atoms with Gasteiger partial charge in [-0.05, 0) is 70.5 Å². The molecule has 0 N–H and O–H groups in total. The minimum absolute atomic E-state index is 0.0167. The molecule has 3 saturated heterocycles. The number of hydrogen-bond donors (Lipinski definition) is 0. The summed E-state index contributed by atoms with van der Waals surface area (Å²) in [4.78, 5) is 32.7. The van der Waals surface area contributed by atoms with Crippen LogP contribution >= 0.6 is 11.6 Å². The number of anilines is 1. The number of nitrogens with zero attached hydrogens (tertiary/aromatic N) is 7. The van der Waals surface area contributed by atoms with Gasteiger partial charge in [-0.1, -0.05) is 23.7 Å². The van der Waals surface area contributed by atoms with Crippen molar-refractivity contribution in [2.24, 2.45) is 0 Å². The Balaban J connectivity index is 1.28. The van der Waals surface area contributed by atoms with Gasteiger partial charge in [0.15, 0.2) is 5.82 Å². The van der Waals surface area contributed by atoms with Gasteiger partial charge >= 0.3 is 12.1 Å². The average Bonchev–Trinajstić information content (AvgIpc) is 3.72. The van der Waals surface area contributed by atoms with Crippen molar-refractivity contribution in [2.45, 2.75) is 88.6 Å². The lowest BCUT2D eigenvalue weighted by molar-refractivity contribution is 0.0145. The highest BCUT2D eigenvalue weighted by Gasteiger charge is 2.49. The molecule has 1 aromatic carbocycles. The molecule has 7 rings (SSSR count). The number of carbonyl (C=O) groups is 1. The van der Waals surface area contributed by atoms with Gasteiger partial charge in [0.1, 0.15) is 35.4 Å². The summed E-state index contributed by atoms with van der Waals surface area (Å²) in [5, 5.41) is 10.6. The molecule has 4 fully saturated rings. The van der Waals surface area contributed by atoms with Crippen molar-refractivity contribution in [3.63, 3.8) is 0 Å². The van der Waals surface area contributed by atoms with Gasteiger partial charge < -0.3 is 19.3 Å². The first-order valence-electron chi connectivity index (χ1n) is 16.7. The third-order valence-corrected chi connectivity index (χ3v) is 10.2. The maximum Gasteiger partial charge on any atom is 0.410 e. The molecule has 1 saturated carbocycles. The number of pyridine rings is 1. The highest BCUT2D eigenvalue weighted by molar-refractivity contribution is 6.32. The number of aromatic nitrogens is 3.